The van der Waals surface area contributed by atoms with Crippen molar-refractivity contribution in [2.75, 3.05) is 0 Å². The molecule has 0 aromatic carbocycles. The van der Waals surface area contributed by atoms with Gasteiger partial charge in [0.25, 0.3) is 0 Å². The zero-order valence-corrected chi connectivity index (χ0v) is 8.08. The topological polar surface area (TPSA) is 0 Å². The molecule has 0 N–H and O–H groups in total. The van der Waals surface area contributed by atoms with Gasteiger partial charge in [-0.1, -0.05) is 0 Å². The van der Waals surface area contributed by atoms with E-state index in [1.165, 1.54) is 0 Å². The fourth-order valence-electron chi connectivity index (χ4n) is 1.54. The Morgan fingerprint density at radius 1 is 0.357 bits per heavy atom. The highest BCUT2D eigenvalue weighted by Crippen LogP contribution is 1.97. The van der Waals surface area contributed by atoms with Crippen LogP contribution in [0.3, 0.4) is 0 Å². The molecule has 0 unspecified atom stereocenters. The maximum absolute atomic E-state index is 5.51. The van der Waals surface area contributed by atoms with Crippen LogP contribution < -0.4 is 0 Å². The minimum absolute atomic E-state index is 0.519. The van der Waals surface area contributed by atoms with Crippen LogP contribution >= 0.6 is 0 Å². The second kappa shape index (κ2) is 6.48. The Hall–Kier alpha value is 0.909. The first-order valence-corrected chi connectivity index (χ1v) is 4.33. The molecule has 0 heterocycles. The highest BCUT2D eigenvalue weighted by Gasteiger charge is 2.35. The first-order valence-electron chi connectivity index (χ1n) is 4.33. The summed E-state index contributed by atoms with van der Waals surface area (Å²) in [4.78, 5) is 0. The highest BCUT2D eigenvalue weighted by molar-refractivity contribution is 8.10. The van der Waals surface area contributed by atoms with E-state index in [9.17, 15) is 0 Å². The van der Waals surface area contributed by atoms with Crippen LogP contribution in [-0.2, 0) is 0 Å². The molecule has 0 aliphatic rings. The van der Waals surface area contributed by atoms with Gasteiger partial charge in [0, 0.05) is 100 Å². The number of rotatable bonds is 5. The van der Waals surface area contributed by atoms with Crippen molar-refractivity contribution >= 4 is 100 Å². The van der Waals surface area contributed by atoms with Crippen LogP contribution in [0, 0.1) is 0 Å². The molecule has 0 rings (SSSR count). The van der Waals surface area contributed by atoms with E-state index in [2.05, 4.69) is 0 Å². The summed E-state index contributed by atoms with van der Waals surface area (Å²) in [5.41, 5.74) is 0. The lowest BCUT2D eigenvalue weighted by atomic mass is 8.47. The van der Waals surface area contributed by atoms with Gasteiger partial charge >= 0.3 is 0 Å². The number of hydrogen-bond acceptors (Lipinski definition) is 0. The van der Waals surface area contributed by atoms with Crippen molar-refractivity contribution in [2.24, 2.45) is 0 Å². The molecule has 42 valence electrons. The zero-order chi connectivity index (χ0) is 11.5. The molecule has 14 heavy (non-hydrogen) atoms. The van der Waals surface area contributed by atoms with Crippen molar-refractivity contribution < 1.29 is 0 Å². The fraction of sp³-hybridized carbons (Fsp3) is 0. The van der Waals surface area contributed by atoms with Crippen LogP contribution in [0.2, 0.25) is 0 Å². The lowest BCUT2D eigenvalue weighted by molar-refractivity contribution is 3.41. The van der Waals surface area contributed by atoms with Gasteiger partial charge in [0.15, 0.2) is 0 Å². The van der Waals surface area contributed by atoms with Crippen LogP contribution in [-0.4, -0.2) is 100 Å². The van der Waals surface area contributed by atoms with Gasteiger partial charge in [-0.2, -0.15) is 0 Å². The third-order valence-corrected chi connectivity index (χ3v) is 2.22. The van der Waals surface area contributed by atoms with Gasteiger partial charge in [0.05, 0.1) is 0 Å². The molecule has 0 fully saturated rings. The largest absolute Gasteiger partial charge is 0 e. The molecule has 0 bridgehead atoms. The Balaban J connectivity index is 4.74. The van der Waals surface area contributed by atoms with Crippen LogP contribution in [0.15, 0.2) is 0 Å². The highest BCUT2D eigenvalue weighted by atomic mass is 13.2. The first-order chi connectivity index (χ1) is 6.29. The molecule has 0 amide bonds. The lowest BCUT2D eigenvalue weighted by Crippen LogP contribution is -2.72. The zero-order valence-electron chi connectivity index (χ0n) is 8.08. The second-order valence-corrected chi connectivity index (χ2v) is 3.46. The van der Waals surface area contributed by atoms with Gasteiger partial charge in [-0.25, -0.2) is 0 Å². The Morgan fingerprint density at radius 2 is 0.500 bits per heavy atom. The van der Waals surface area contributed by atoms with Crippen LogP contribution in [0.1, 0.15) is 0 Å². The quantitative estimate of drug-likeness (QED) is 0.344. The van der Waals surface area contributed by atoms with Gasteiger partial charge in [-0.3, -0.25) is 0 Å². The molecule has 0 atom stereocenters. The molecule has 0 aromatic rings. The summed E-state index contributed by atoms with van der Waals surface area (Å²) >= 11 is 0. The molecule has 0 aliphatic heterocycles. The average Bonchev–Trinajstić information content (AvgIpc) is 1.96. The molecule has 14 heteroatoms. The molecule has 0 saturated carbocycles. The van der Waals surface area contributed by atoms with Crippen molar-refractivity contribution in [1.29, 1.82) is 0 Å². The van der Waals surface area contributed by atoms with Gasteiger partial charge < -0.3 is 0 Å². The van der Waals surface area contributed by atoms with Gasteiger partial charge in [-0.05, 0) is 0 Å². The van der Waals surface area contributed by atoms with Crippen molar-refractivity contribution in [2.45, 2.75) is 0 Å². The Bertz CT molecular complexity index is 108. The minimum atomic E-state index is -0.760. The summed E-state index contributed by atoms with van der Waals surface area (Å²) in [7, 11) is 44.1. The molecule has 16 radical (unpaired) electrons. The normalized spacial score (nSPS) is 8.86. The monoisotopic (exact) mass is 154 g/mol. The summed E-state index contributed by atoms with van der Waals surface area (Å²) in [5.74, 6) is 0. The minimum Gasteiger partial charge on any atom is 0 e. The molecule has 0 nitrogen and oxygen atoms in total. The second-order valence-electron chi connectivity index (χ2n) is 3.46. The molecular weight excluding hydrogens is 151 g/mol. The smallest absolute Gasteiger partial charge is 0 e. The fourth-order valence-corrected chi connectivity index (χ4v) is 1.54. The van der Waals surface area contributed by atoms with E-state index in [0.29, 0.717) is 0 Å². The molecule has 0 aromatic heterocycles. The van der Waals surface area contributed by atoms with Crippen molar-refractivity contribution in [3.63, 3.8) is 0 Å². The summed E-state index contributed by atoms with van der Waals surface area (Å²) in [5, 5.41) is 0. The van der Waals surface area contributed by atoms with E-state index in [1.807, 2.05) is 0 Å². The Labute approximate surface area is 100 Å². The van der Waals surface area contributed by atoms with Crippen LogP contribution in [0.25, 0.3) is 0 Å². The predicted molar refractivity (Wildman–Crippen MR) is 80.6 cm³/mol. The summed E-state index contributed by atoms with van der Waals surface area (Å²) in [6.45, 7) is 0. The molecule has 0 aliphatic carbocycles. The molecular formula is B14. The third-order valence-electron chi connectivity index (χ3n) is 2.22. The SMILES string of the molecule is [B]B([B])B(B([B])[B])B(B([B])[B])B([B])[B]. The van der Waals surface area contributed by atoms with Gasteiger partial charge in [0.2, 0.25) is 0 Å². The molecule has 0 spiro atoms. The third kappa shape index (κ3) is 4.19. The van der Waals surface area contributed by atoms with E-state index in [0.717, 1.165) is 0 Å². The van der Waals surface area contributed by atoms with E-state index in [-0.39, 0.29) is 0 Å². The van der Waals surface area contributed by atoms with E-state index >= 15 is 0 Å². The first kappa shape index (κ1) is 14.9. The predicted octanol–water partition coefficient (Wildman–Crippen LogP) is -5.33. The maximum Gasteiger partial charge on any atom is 0 e. The van der Waals surface area contributed by atoms with Crippen molar-refractivity contribution in [1.82, 2.24) is 0 Å². The van der Waals surface area contributed by atoms with Crippen LogP contribution in [0.5, 0.6) is 0 Å². The van der Waals surface area contributed by atoms with Crippen LogP contribution in [0.4, 0.5) is 0 Å². The van der Waals surface area contributed by atoms with Crippen molar-refractivity contribution in [3.05, 3.63) is 0 Å². The van der Waals surface area contributed by atoms with Crippen molar-refractivity contribution in [3.8, 4) is 0 Å². The summed E-state index contributed by atoms with van der Waals surface area (Å²) < 4.78 is 0. The van der Waals surface area contributed by atoms with E-state index in [4.69, 9.17) is 61.9 Å². The van der Waals surface area contributed by atoms with E-state index in [1.54, 1.807) is 0 Å². The number of hydrogen-bond donors (Lipinski definition) is 0. The Kier molecular flexibility index (Phi) is 6.90. The van der Waals surface area contributed by atoms with Gasteiger partial charge in [-0.15, -0.1) is 0 Å². The average molecular weight is 151 g/mol. The summed E-state index contributed by atoms with van der Waals surface area (Å²) in [6.07, 6.45) is -4.08. The lowest BCUT2D eigenvalue weighted by Gasteiger charge is -2.34. The molecule has 0 saturated heterocycles. The maximum atomic E-state index is 5.51. The standard InChI is InChI=1S/B14/c1-9(2)13(10(3)4)14(11(5)6)12(7)8. The van der Waals surface area contributed by atoms with Gasteiger partial charge in [0.1, 0.15) is 0 Å². The van der Waals surface area contributed by atoms with E-state index < -0.39 is 38.3 Å². The Morgan fingerprint density at radius 3 is 0.571 bits per heavy atom. The summed E-state index contributed by atoms with van der Waals surface area (Å²) in [6, 6.07) is 0.